The van der Waals surface area contributed by atoms with Crippen LogP contribution >= 0.6 is 39.0 Å². The van der Waals surface area contributed by atoms with E-state index in [1.807, 2.05) is 59.2 Å². The molecule has 1 unspecified atom stereocenters. The van der Waals surface area contributed by atoms with Crippen LogP contribution in [0.1, 0.15) is 17.6 Å². The highest BCUT2D eigenvalue weighted by atomic mass is 79.9. The number of nitrogens with zero attached hydrogens (tertiary/aromatic N) is 5. The summed E-state index contributed by atoms with van der Waals surface area (Å²) < 4.78 is 2.90. The highest BCUT2D eigenvalue weighted by Gasteiger charge is 2.21. The highest BCUT2D eigenvalue weighted by Crippen LogP contribution is 2.27. The molecule has 2 aromatic heterocycles. The van der Waals surface area contributed by atoms with Crippen LogP contribution in [0.3, 0.4) is 0 Å². The van der Waals surface area contributed by atoms with Crippen molar-refractivity contribution in [3.63, 3.8) is 0 Å². The first-order chi connectivity index (χ1) is 17.4. The summed E-state index contributed by atoms with van der Waals surface area (Å²) in [6, 6.07) is 20.5. The normalized spacial score (nSPS) is 11.9. The Morgan fingerprint density at radius 1 is 1.19 bits per heavy atom. The van der Waals surface area contributed by atoms with Crippen molar-refractivity contribution in [1.82, 2.24) is 20.2 Å². The van der Waals surface area contributed by atoms with Gasteiger partial charge in [0.15, 0.2) is 11.0 Å². The van der Waals surface area contributed by atoms with E-state index in [4.69, 9.17) is 0 Å². The molecule has 1 atom stereocenters. The van der Waals surface area contributed by atoms with Gasteiger partial charge in [0.05, 0.1) is 27.8 Å². The number of benzene rings is 2. The van der Waals surface area contributed by atoms with Crippen LogP contribution in [0.4, 0.5) is 10.7 Å². The van der Waals surface area contributed by atoms with Gasteiger partial charge in [-0.3, -0.25) is 19.5 Å². The largest absolute Gasteiger partial charge is 0.378 e. The molecule has 1 amide bonds. The Bertz CT molecular complexity index is 1370. The van der Waals surface area contributed by atoms with Crippen LogP contribution in [0.15, 0.2) is 81.5 Å². The highest BCUT2D eigenvalue weighted by molar-refractivity contribution is 9.10. The van der Waals surface area contributed by atoms with E-state index in [0.717, 1.165) is 27.2 Å². The van der Waals surface area contributed by atoms with E-state index < -0.39 is 10.2 Å². The summed E-state index contributed by atoms with van der Waals surface area (Å²) in [7, 11) is 0. The molecule has 13 heteroatoms. The average Bonchev–Trinajstić information content (AvgIpc) is 3.51. The summed E-state index contributed by atoms with van der Waals surface area (Å²) in [5, 5.41) is 26.8. The molecule has 36 heavy (non-hydrogen) atoms. The zero-order valence-electron chi connectivity index (χ0n) is 18.9. The first kappa shape index (κ1) is 25.5. The summed E-state index contributed by atoms with van der Waals surface area (Å²) in [5.41, 5.74) is 4.30. The number of anilines is 1. The van der Waals surface area contributed by atoms with Crippen molar-refractivity contribution in [1.29, 1.82) is 0 Å². The number of carbonyl (C=O) groups is 1. The number of halogens is 1. The second-order valence-corrected chi connectivity index (χ2v) is 10.7. The second-order valence-electron chi connectivity index (χ2n) is 7.36. The van der Waals surface area contributed by atoms with E-state index in [1.54, 1.807) is 13.0 Å². The predicted octanol–water partition coefficient (Wildman–Crippen LogP) is 5.24. The molecule has 0 bridgehead atoms. The first-order valence-electron chi connectivity index (χ1n) is 10.6. The molecule has 2 N–H and O–H groups in total. The lowest BCUT2D eigenvalue weighted by Gasteiger charge is -2.13. The molecule has 0 radical (unpaired) electrons. The molecule has 2 heterocycles. The maximum Gasteiger partial charge on any atom is 0.324 e. The topological polar surface area (TPSA) is 127 Å². The number of carbonyl (C=O) groups excluding carboxylic acids is 1. The molecule has 0 spiro atoms. The Labute approximate surface area is 223 Å². The minimum Gasteiger partial charge on any atom is -0.378 e. The van der Waals surface area contributed by atoms with Crippen LogP contribution in [-0.2, 0) is 11.3 Å². The lowest BCUT2D eigenvalue weighted by atomic mass is 10.3. The standard InChI is InChI=1S/C23H20BrN7O3S2/c1-15(22(32)28-26-13-19-11-12-21(36-19)31(33)34)35-23-29-27-20(30(23)18-5-3-2-4-6-18)14-25-17-9-7-16(24)8-10-17/h2-13,15,25H,14H2,1H3,(H,28,32)/b26-13+. The van der Waals surface area contributed by atoms with Gasteiger partial charge in [0.2, 0.25) is 0 Å². The number of hydrazone groups is 1. The fourth-order valence-electron chi connectivity index (χ4n) is 3.05. The Hall–Kier alpha value is -3.55. The number of rotatable bonds is 10. The lowest BCUT2D eigenvalue weighted by Crippen LogP contribution is -2.27. The third-order valence-corrected chi connectivity index (χ3v) is 7.36. The van der Waals surface area contributed by atoms with E-state index in [-0.39, 0.29) is 10.9 Å². The first-order valence-corrected chi connectivity index (χ1v) is 13.1. The predicted molar refractivity (Wildman–Crippen MR) is 145 cm³/mol. The number of para-hydroxylation sites is 1. The molecule has 0 saturated heterocycles. The van der Waals surface area contributed by atoms with Crippen LogP contribution < -0.4 is 10.7 Å². The van der Waals surface area contributed by atoms with E-state index >= 15 is 0 Å². The number of nitrogens with one attached hydrogen (secondary N) is 2. The van der Waals surface area contributed by atoms with Gasteiger partial charge in [-0.05, 0) is 49.4 Å². The molecule has 0 aliphatic heterocycles. The van der Waals surface area contributed by atoms with Crippen LogP contribution in [-0.4, -0.2) is 37.1 Å². The Morgan fingerprint density at radius 3 is 2.64 bits per heavy atom. The number of thiophene rings is 1. The molecular weight excluding hydrogens is 566 g/mol. The van der Waals surface area contributed by atoms with Crippen LogP contribution in [0.2, 0.25) is 0 Å². The number of amides is 1. The van der Waals surface area contributed by atoms with Crippen molar-refractivity contribution in [3.05, 3.63) is 92.0 Å². The van der Waals surface area contributed by atoms with E-state index in [1.165, 1.54) is 24.0 Å². The average molecular weight is 586 g/mol. The zero-order chi connectivity index (χ0) is 25.5. The van der Waals surface area contributed by atoms with E-state index in [2.05, 4.69) is 42.0 Å². The van der Waals surface area contributed by atoms with Crippen LogP contribution in [0.5, 0.6) is 0 Å². The van der Waals surface area contributed by atoms with Crippen molar-refractivity contribution in [2.75, 3.05) is 5.32 Å². The van der Waals surface area contributed by atoms with Gasteiger partial charge in [-0.2, -0.15) is 5.10 Å². The number of nitro groups is 1. The molecular formula is C23H20BrN7O3S2. The van der Waals surface area contributed by atoms with Gasteiger partial charge in [-0.15, -0.1) is 10.2 Å². The van der Waals surface area contributed by atoms with Gasteiger partial charge in [0.1, 0.15) is 0 Å². The Kier molecular flexibility index (Phi) is 8.46. The molecule has 4 rings (SSSR count). The molecule has 2 aromatic carbocycles. The van der Waals surface area contributed by atoms with Crippen molar-refractivity contribution in [2.24, 2.45) is 5.10 Å². The Balaban J connectivity index is 1.45. The maximum absolute atomic E-state index is 12.6. The summed E-state index contributed by atoms with van der Waals surface area (Å²) in [5.74, 6) is 0.357. The van der Waals surface area contributed by atoms with Crippen LogP contribution in [0.25, 0.3) is 5.69 Å². The van der Waals surface area contributed by atoms with E-state index in [0.29, 0.717) is 22.4 Å². The molecule has 0 aliphatic carbocycles. The van der Waals surface area contributed by atoms with Gasteiger partial charge >= 0.3 is 5.00 Å². The summed E-state index contributed by atoms with van der Waals surface area (Å²) in [4.78, 5) is 23.5. The molecule has 0 aliphatic rings. The number of thioether (sulfide) groups is 1. The smallest absolute Gasteiger partial charge is 0.324 e. The fraction of sp³-hybridized carbons (Fsp3) is 0.130. The van der Waals surface area contributed by atoms with Crippen molar-refractivity contribution in [2.45, 2.75) is 23.9 Å². The minimum absolute atomic E-state index is 0.0115. The number of hydrogen-bond donors (Lipinski definition) is 2. The van der Waals surface area contributed by atoms with E-state index in [9.17, 15) is 14.9 Å². The van der Waals surface area contributed by atoms with Gasteiger partial charge in [0, 0.05) is 21.9 Å². The molecule has 0 fully saturated rings. The third-order valence-electron chi connectivity index (χ3n) is 4.82. The number of hydrogen-bond acceptors (Lipinski definition) is 9. The van der Waals surface area contributed by atoms with Crippen molar-refractivity contribution in [3.8, 4) is 5.69 Å². The van der Waals surface area contributed by atoms with Gasteiger partial charge < -0.3 is 5.32 Å². The SMILES string of the molecule is CC(Sc1nnc(CNc2ccc(Br)cc2)n1-c1ccccc1)C(=O)N/N=C/c1ccc([N+](=O)[O-])s1. The zero-order valence-corrected chi connectivity index (χ0v) is 22.1. The minimum atomic E-state index is -0.529. The monoisotopic (exact) mass is 585 g/mol. The quantitative estimate of drug-likeness (QED) is 0.113. The molecule has 184 valence electrons. The number of aromatic nitrogens is 3. The van der Waals surface area contributed by atoms with Crippen molar-refractivity contribution >= 4 is 61.8 Å². The lowest BCUT2D eigenvalue weighted by molar-refractivity contribution is -0.380. The van der Waals surface area contributed by atoms with Gasteiger partial charge in [0.25, 0.3) is 5.91 Å². The van der Waals surface area contributed by atoms with Crippen LogP contribution in [0, 0.1) is 10.1 Å². The summed E-state index contributed by atoms with van der Waals surface area (Å²) in [6.07, 6.45) is 1.38. The maximum atomic E-state index is 12.6. The molecule has 10 nitrogen and oxygen atoms in total. The summed E-state index contributed by atoms with van der Waals surface area (Å²) in [6.45, 7) is 2.18. The second kappa shape index (κ2) is 11.9. The van der Waals surface area contributed by atoms with Crippen molar-refractivity contribution < 1.29 is 9.72 Å². The third kappa shape index (κ3) is 6.56. The molecule has 0 saturated carbocycles. The van der Waals surface area contributed by atoms with Gasteiger partial charge in [-0.25, -0.2) is 5.43 Å². The van der Waals surface area contributed by atoms with Gasteiger partial charge in [-0.1, -0.05) is 57.2 Å². The fourth-order valence-corrected chi connectivity index (χ4v) is 4.89. The Morgan fingerprint density at radius 2 is 1.94 bits per heavy atom. The molecule has 4 aromatic rings. The summed E-state index contributed by atoms with van der Waals surface area (Å²) >= 11 is 5.66.